The van der Waals surface area contributed by atoms with Crippen LogP contribution in [0.15, 0.2) is 17.1 Å². The maximum Gasteiger partial charge on any atom is 0.152 e. The Kier molecular flexibility index (Phi) is 2.21. The Labute approximate surface area is 102 Å². The molecule has 4 aliphatic rings. The summed E-state index contributed by atoms with van der Waals surface area (Å²) in [5.74, 6) is 1.36. The second-order valence-corrected chi connectivity index (χ2v) is 5.87. The Bertz CT molecular complexity index is 386. The third kappa shape index (κ3) is 1.52. The van der Waals surface area contributed by atoms with Gasteiger partial charge in [0, 0.05) is 5.92 Å². The normalized spacial score (nSPS) is 44.8. The molecule has 0 aromatic carbocycles. The summed E-state index contributed by atoms with van der Waals surface area (Å²) in [4.78, 5) is 4.87. The predicted octanol–water partition coefficient (Wildman–Crippen LogP) is 1.89. The molecular formula is C14H20N2O. The third-order valence-corrected chi connectivity index (χ3v) is 4.75. The summed E-state index contributed by atoms with van der Waals surface area (Å²) in [6, 6.07) is 0. The number of hydrogen-bond donors (Lipinski definition) is 1. The first-order chi connectivity index (χ1) is 8.38. The summed E-state index contributed by atoms with van der Waals surface area (Å²) in [7, 11) is 0. The summed E-state index contributed by atoms with van der Waals surface area (Å²) in [6.07, 6.45) is 10.8. The van der Waals surface area contributed by atoms with Crippen LogP contribution in [-0.2, 0) is 4.74 Å². The smallest absolute Gasteiger partial charge is 0.152 e. The quantitative estimate of drug-likeness (QED) is 0.749. The molecule has 1 N–H and O–H groups in total. The molecule has 92 valence electrons. The van der Waals surface area contributed by atoms with E-state index in [1.165, 1.54) is 25.0 Å². The Hall–Kier alpha value is -0.670. The van der Waals surface area contributed by atoms with Crippen molar-refractivity contribution in [3.63, 3.8) is 0 Å². The zero-order chi connectivity index (χ0) is 11.3. The van der Waals surface area contributed by atoms with Gasteiger partial charge in [-0.15, -0.1) is 0 Å². The molecule has 2 fully saturated rings. The maximum atomic E-state index is 6.47. The minimum Gasteiger partial charge on any atom is -0.343 e. The van der Waals surface area contributed by atoms with E-state index in [2.05, 4.69) is 17.5 Å². The highest BCUT2D eigenvalue weighted by Gasteiger charge is 2.52. The van der Waals surface area contributed by atoms with Crippen molar-refractivity contribution < 1.29 is 4.74 Å². The molecule has 1 spiro atoms. The van der Waals surface area contributed by atoms with E-state index in [1.807, 2.05) is 0 Å². The molecular weight excluding hydrogens is 212 g/mol. The van der Waals surface area contributed by atoms with Gasteiger partial charge in [-0.05, 0) is 57.2 Å². The van der Waals surface area contributed by atoms with Gasteiger partial charge in [-0.25, -0.2) is 0 Å². The minimum atomic E-state index is -0.0362. The molecule has 0 bridgehead atoms. The van der Waals surface area contributed by atoms with Gasteiger partial charge in [-0.1, -0.05) is 6.08 Å². The molecule has 2 heterocycles. The molecule has 0 aromatic heterocycles. The number of ether oxygens (including phenoxy) is 1. The fraction of sp³-hybridized carbons (Fsp3) is 0.786. The average Bonchev–Trinajstić information content (AvgIpc) is 3.12. The number of nitrogens with one attached hydrogen (secondary N) is 1. The van der Waals surface area contributed by atoms with Crippen LogP contribution in [0.3, 0.4) is 0 Å². The van der Waals surface area contributed by atoms with Gasteiger partial charge in [0.15, 0.2) is 6.23 Å². The first kappa shape index (κ1) is 10.3. The first-order valence-corrected chi connectivity index (χ1v) is 7.02. The fourth-order valence-electron chi connectivity index (χ4n) is 3.57. The van der Waals surface area contributed by atoms with Crippen LogP contribution in [0.25, 0.3) is 0 Å². The van der Waals surface area contributed by atoms with Crippen molar-refractivity contribution in [3.05, 3.63) is 12.2 Å². The minimum absolute atomic E-state index is 0.0362. The number of rotatable bonds is 1. The number of aliphatic imine (C=N–C) groups is 1. The van der Waals surface area contributed by atoms with E-state index in [-0.39, 0.29) is 11.8 Å². The van der Waals surface area contributed by atoms with Crippen molar-refractivity contribution in [1.82, 2.24) is 5.32 Å². The van der Waals surface area contributed by atoms with E-state index in [0.29, 0.717) is 11.8 Å². The average molecular weight is 232 g/mol. The van der Waals surface area contributed by atoms with Crippen LogP contribution in [0, 0.1) is 11.8 Å². The lowest BCUT2D eigenvalue weighted by atomic mass is 9.74. The highest BCUT2D eigenvalue weighted by atomic mass is 16.5. The van der Waals surface area contributed by atoms with Crippen molar-refractivity contribution in [1.29, 1.82) is 0 Å². The molecule has 3 heteroatoms. The van der Waals surface area contributed by atoms with Gasteiger partial charge < -0.3 is 10.1 Å². The van der Waals surface area contributed by atoms with Crippen molar-refractivity contribution in [2.45, 2.75) is 43.9 Å². The SMILES string of the molecule is C1=CC2=NC(C3CC3)OC23CCNCCC3C1. The lowest BCUT2D eigenvalue weighted by Crippen LogP contribution is -2.47. The summed E-state index contributed by atoms with van der Waals surface area (Å²) < 4.78 is 6.47. The Morgan fingerprint density at radius 2 is 2.24 bits per heavy atom. The molecule has 0 aromatic rings. The summed E-state index contributed by atoms with van der Waals surface area (Å²) in [5, 5.41) is 3.51. The molecule has 3 unspecified atom stereocenters. The van der Waals surface area contributed by atoms with Crippen LogP contribution in [-0.4, -0.2) is 30.6 Å². The number of hydrogen-bond acceptors (Lipinski definition) is 3. The maximum absolute atomic E-state index is 6.47. The Morgan fingerprint density at radius 3 is 3.12 bits per heavy atom. The summed E-state index contributed by atoms with van der Waals surface area (Å²) >= 11 is 0. The predicted molar refractivity (Wildman–Crippen MR) is 67.1 cm³/mol. The molecule has 17 heavy (non-hydrogen) atoms. The third-order valence-electron chi connectivity index (χ3n) is 4.75. The molecule has 3 atom stereocenters. The second-order valence-electron chi connectivity index (χ2n) is 5.87. The van der Waals surface area contributed by atoms with Crippen molar-refractivity contribution in [3.8, 4) is 0 Å². The van der Waals surface area contributed by atoms with Crippen LogP contribution in [0.2, 0.25) is 0 Å². The van der Waals surface area contributed by atoms with Crippen LogP contribution in [0.5, 0.6) is 0 Å². The van der Waals surface area contributed by atoms with Gasteiger partial charge in [0.2, 0.25) is 0 Å². The van der Waals surface area contributed by atoms with E-state index >= 15 is 0 Å². The Morgan fingerprint density at radius 1 is 1.29 bits per heavy atom. The van der Waals surface area contributed by atoms with Gasteiger partial charge in [0.1, 0.15) is 5.60 Å². The standard InChI is InChI=1S/C14H20N2O/c1-2-11-6-8-15-9-7-14(11)12(3-1)16-13(17-14)10-4-5-10/h1,3,10-11,13,15H,2,4-9H2. The van der Waals surface area contributed by atoms with E-state index in [0.717, 1.165) is 25.9 Å². The zero-order valence-corrected chi connectivity index (χ0v) is 10.2. The van der Waals surface area contributed by atoms with E-state index in [1.54, 1.807) is 0 Å². The molecule has 2 aliphatic heterocycles. The highest BCUT2D eigenvalue weighted by molar-refractivity contribution is 6.04. The Balaban J connectivity index is 1.70. The van der Waals surface area contributed by atoms with E-state index in [9.17, 15) is 0 Å². The monoisotopic (exact) mass is 232 g/mol. The van der Waals surface area contributed by atoms with Gasteiger partial charge in [0.25, 0.3) is 0 Å². The van der Waals surface area contributed by atoms with Gasteiger partial charge in [-0.3, -0.25) is 4.99 Å². The van der Waals surface area contributed by atoms with Crippen molar-refractivity contribution >= 4 is 5.71 Å². The van der Waals surface area contributed by atoms with E-state index < -0.39 is 0 Å². The van der Waals surface area contributed by atoms with Crippen LogP contribution in [0.4, 0.5) is 0 Å². The first-order valence-electron chi connectivity index (χ1n) is 7.02. The molecule has 0 radical (unpaired) electrons. The molecule has 1 saturated carbocycles. The van der Waals surface area contributed by atoms with Crippen LogP contribution < -0.4 is 5.32 Å². The van der Waals surface area contributed by atoms with E-state index in [4.69, 9.17) is 9.73 Å². The van der Waals surface area contributed by atoms with Crippen molar-refractivity contribution in [2.75, 3.05) is 13.1 Å². The highest BCUT2D eigenvalue weighted by Crippen LogP contribution is 2.47. The zero-order valence-electron chi connectivity index (χ0n) is 10.2. The summed E-state index contributed by atoms with van der Waals surface area (Å²) in [5.41, 5.74) is 1.21. The number of allylic oxidation sites excluding steroid dienone is 1. The lowest BCUT2D eigenvalue weighted by Gasteiger charge is -2.38. The number of nitrogens with zero attached hydrogens (tertiary/aromatic N) is 1. The van der Waals surface area contributed by atoms with Crippen LogP contribution in [0.1, 0.15) is 32.1 Å². The largest absolute Gasteiger partial charge is 0.343 e. The molecule has 1 saturated heterocycles. The fourth-order valence-corrected chi connectivity index (χ4v) is 3.57. The summed E-state index contributed by atoms with van der Waals surface area (Å²) in [6.45, 7) is 2.20. The molecule has 0 amide bonds. The topological polar surface area (TPSA) is 33.6 Å². The second kappa shape index (κ2) is 3.66. The van der Waals surface area contributed by atoms with Gasteiger partial charge in [0.05, 0.1) is 5.71 Å². The van der Waals surface area contributed by atoms with Crippen molar-refractivity contribution in [2.24, 2.45) is 16.8 Å². The van der Waals surface area contributed by atoms with Gasteiger partial charge in [-0.2, -0.15) is 0 Å². The lowest BCUT2D eigenvalue weighted by molar-refractivity contribution is -0.0700. The molecule has 2 aliphatic carbocycles. The van der Waals surface area contributed by atoms with Crippen LogP contribution >= 0.6 is 0 Å². The molecule has 4 rings (SSSR count). The molecule has 3 nitrogen and oxygen atoms in total. The van der Waals surface area contributed by atoms with Gasteiger partial charge >= 0.3 is 0 Å².